The van der Waals surface area contributed by atoms with E-state index in [1.165, 1.54) is 6.07 Å². The fourth-order valence-electron chi connectivity index (χ4n) is 2.15. The van der Waals surface area contributed by atoms with Crippen LogP contribution in [0, 0.1) is 6.92 Å². The molecule has 0 radical (unpaired) electrons. The number of hydrogen-bond donors (Lipinski definition) is 3. The second kappa shape index (κ2) is 8.69. The minimum atomic E-state index is -0.562. The van der Waals surface area contributed by atoms with Crippen LogP contribution in [0.5, 0.6) is 5.75 Å². The number of hydrogen-bond acceptors (Lipinski definition) is 4. The molecule has 0 aliphatic rings. The van der Waals surface area contributed by atoms with Crippen LogP contribution in [-0.2, 0) is 4.79 Å². The van der Waals surface area contributed by atoms with E-state index >= 15 is 0 Å². The molecule has 0 heterocycles. The molecule has 2 rings (SSSR count). The maximum atomic E-state index is 12.1. The summed E-state index contributed by atoms with van der Waals surface area (Å²) >= 11 is 11.8. The minimum Gasteiger partial charge on any atom is -0.507 e. The van der Waals surface area contributed by atoms with Gasteiger partial charge in [-0.2, -0.15) is 5.10 Å². The highest BCUT2D eigenvalue weighted by Gasteiger charge is 2.12. The number of aryl methyl sites for hydroxylation is 1. The number of benzene rings is 2. The van der Waals surface area contributed by atoms with Crippen LogP contribution >= 0.6 is 23.2 Å². The third-order valence-electron chi connectivity index (χ3n) is 3.39. The van der Waals surface area contributed by atoms with Crippen LogP contribution in [0.15, 0.2) is 41.5 Å². The molecular formula is C18H17Cl2N3O3. The van der Waals surface area contributed by atoms with Crippen LogP contribution in [-0.4, -0.2) is 22.6 Å². The van der Waals surface area contributed by atoms with Crippen molar-refractivity contribution in [3.63, 3.8) is 0 Å². The van der Waals surface area contributed by atoms with Gasteiger partial charge in [0.2, 0.25) is 5.91 Å². The summed E-state index contributed by atoms with van der Waals surface area (Å²) in [6, 6.07) is 9.53. The molecule has 136 valence electrons. The molecule has 6 nitrogen and oxygen atoms in total. The van der Waals surface area contributed by atoms with Gasteiger partial charge in [0.15, 0.2) is 0 Å². The Balaban J connectivity index is 1.96. The number of phenolic OH excluding ortho intramolecular Hbond substituents is 1. The molecule has 3 N–H and O–H groups in total. The second-order valence-corrected chi connectivity index (χ2v) is 6.52. The van der Waals surface area contributed by atoms with E-state index in [1.807, 2.05) is 0 Å². The molecule has 0 atom stereocenters. The highest BCUT2D eigenvalue weighted by atomic mass is 35.5. The number of phenols is 1. The van der Waals surface area contributed by atoms with E-state index in [0.717, 1.165) is 0 Å². The topological polar surface area (TPSA) is 90.8 Å². The zero-order valence-corrected chi connectivity index (χ0v) is 15.6. The van der Waals surface area contributed by atoms with E-state index in [-0.39, 0.29) is 23.6 Å². The molecule has 2 aromatic rings. The molecule has 0 aliphatic carbocycles. The van der Waals surface area contributed by atoms with Crippen molar-refractivity contribution in [1.82, 2.24) is 5.43 Å². The molecule has 0 unspecified atom stereocenters. The van der Waals surface area contributed by atoms with Gasteiger partial charge in [0.1, 0.15) is 5.75 Å². The maximum absolute atomic E-state index is 12.1. The molecule has 2 amide bonds. The standard InChI is InChI=1S/C18H17Cl2N3O3/c1-10-4-3-5-15(17(10)25)18(26)23-22-11(2)6-16(24)21-14-8-12(19)7-13(20)9-14/h3-5,7-9,25H,6H2,1-2H3,(H,21,24)(H,23,26)/b22-11+. The number of carbonyl (C=O) groups excluding carboxylic acids is 2. The summed E-state index contributed by atoms with van der Waals surface area (Å²) in [4.78, 5) is 24.1. The van der Waals surface area contributed by atoms with Crippen LogP contribution in [0.25, 0.3) is 0 Å². The van der Waals surface area contributed by atoms with Crippen molar-refractivity contribution in [1.29, 1.82) is 0 Å². The lowest BCUT2D eigenvalue weighted by molar-refractivity contribution is -0.115. The lowest BCUT2D eigenvalue weighted by Crippen LogP contribution is -2.21. The van der Waals surface area contributed by atoms with Gasteiger partial charge in [-0.05, 0) is 43.7 Å². The van der Waals surface area contributed by atoms with Crippen molar-refractivity contribution in [2.75, 3.05) is 5.32 Å². The van der Waals surface area contributed by atoms with Crippen LogP contribution in [0.3, 0.4) is 0 Å². The van der Waals surface area contributed by atoms with E-state index in [1.54, 1.807) is 44.2 Å². The number of hydrazone groups is 1. The zero-order chi connectivity index (χ0) is 19.3. The highest BCUT2D eigenvalue weighted by Crippen LogP contribution is 2.23. The van der Waals surface area contributed by atoms with E-state index in [4.69, 9.17) is 23.2 Å². The Morgan fingerprint density at radius 3 is 2.46 bits per heavy atom. The number of aromatic hydroxyl groups is 1. The first-order valence-corrected chi connectivity index (χ1v) is 8.40. The Hall–Kier alpha value is -2.57. The van der Waals surface area contributed by atoms with Crippen molar-refractivity contribution in [2.24, 2.45) is 5.10 Å². The number of rotatable bonds is 5. The van der Waals surface area contributed by atoms with Crippen molar-refractivity contribution >= 4 is 46.4 Å². The molecule has 8 heteroatoms. The number of anilines is 1. The highest BCUT2D eigenvalue weighted by molar-refractivity contribution is 6.35. The number of amides is 2. The number of halogens is 2. The van der Waals surface area contributed by atoms with Crippen molar-refractivity contribution in [3.05, 3.63) is 57.6 Å². The normalized spacial score (nSPS) is 11.2. The minimum absolute atomic E-state index is 0.0375. The van der Waals surface area contributed by atoms with Crippen LogP contribution in [0.2, 0.25) is 10.0 Å². The average Bonchev–Trinajstić information content (AvgIpc) is 2.54. The fraction of sp³-hybridized carbons (Fsp3) is 0.167. The Morgan fingerprint density at radius 2 is 1.81 bits per heavy atom. The third kappa shape index (κ3) is 5.47. The zero-order valence-electron chi connectivity index (χ0n) is 14.1. The summed E-state index contributed by atoms with van der Waals surface area (Å²) in [5, 5.41) is 17.2. The average molecular weight is 394 g/mol. The predicted octanol–water partition coefficient (Wildman–Crippen LogP) is 4.14. The third-order valence-corrected chi connectivity index (χ3v) is 3.83. The summed E-state index contributed by atoms with van der Waals surface area (Å²) in [6.07, 6.45) is -0.0375. The number of nitrogens with zero attached hydrogens (tertiary/aromatic N) is 1. The Bertz CT molecular complexity index is 862. The number of para-hydroxylation sites is 1. The fourth-order valence-corrected chi connectivity index (χ4v) is 2.68. The first-order chi connectivity index (χ1) is 12.3. The molecule has 0 saturated carbocycles. The SMILES string of the molecule is C/C(CC(=O)Nc1cc(Cl)cc(Cl)c1)=N\NC(=O)c1cccc(C)c1O. The molecular weight excluding hydrogens is 377 g/mol. The lowest BCUT2D eigenvalue weighted by Gasteiger charge is -2.07. The second-order valence-electron chi connectivity index (χ2n) is 5.64. The van der Waals surface area contributed by atoms with Gasteiger partial charge >= 0.3 is 0 Å². The first-order valence-electron chi connectivity index (χ1n) is 7.64. The van der Waals surface area contributed by atoms with Crippen molar-refractivity contribution < 1.29 is 14.7 Å². The molecule has 0 aromatic heterocycles. The van der Waals surface area contributed by atoms with Crippen LogP contribution in [0.4, 0.5) is 5.69 Å². The lowest BCUT2D eigenvalue weighted by atomic mass is 10.1. The van der Waals surface area contributed by atoms with Crippen LogP contribution < -0.4 is 10.7 Å². The monoisotopic (exact) mass is 393 g/mol. The van der Waals surface area contributed by atoms with Gasteiger partial charge < -0.3 is 10.4 Å². The van der Waals surface area contributed by atoms with Gasteiger partial charge in [-0.15, -0.1) is 0 Å². The molecule has 0 aliphatic heterocycles. The van der Waals surface area contributed by atoms with E-state index in [9.17, 15) is 14.7 Å². The van der Waals surface area contributed by atoms with Crippen molar-refractivity contribution in [2.45, 2.75) is 20.3 Å². The van der Waals surface area contributed by atoms with Crippen molar-refractivity contribution in [3.8, 4) is 5.75 Å². The number of carbonyl (C=O) groups is 2. The van der Waals surface area contributed by atoms with Gasteiger partial charge in [0.05, 0.1) is 12.0 Å². The van der Waals surface area contributed by atoms with E-state index in [0.29, 0.717) is 27.0 Å². The molecule has 0 saturated heterocycles. The summed E-state index contributed by atoms with van der Waals surface area (Å²) in [7, 11) is 0. The first kappa shape index (κ1) is 19.8. The molecule has 26 heavy (non-hydrogen) atoms. The summed E-state index contributed by atoms with van der Waals surface area (Å²) in [5.74, 6) is -1.00. The predicted molar refractivity (Wildman–Crippen MR) is 103 cm³/mol. The Morgan fingerprint density at radius 1 is 1.15 bits per heavy atom. The van der Waals surface area contributed by atoms with E-state index < -0.39 is 5.91 Å². The summed E-state index contributed by atoms with van der Waals surface area (Å²) in [6.45, 7) is 3.29. The summed E-state index contributed by atoms with van der Waals surface area (Å²) in [5.41, 5.74) is 3.87. The molecule has 0 bridgehead atoms. The maximum Gasteiger partial charge on any atom is 0.275 e. The van der Waals surface area contributed by atoms with Gasteiger partial charge in [0, 0.05) is 21.4 Å². The quantitative estimate of drug-likeness (QED) is 0.526. The van der Waals surface area contributed by atoms with Gasteiger partial charge in [-0.3, -0.25) is 9.59 Å². The smallest absolute Gasteiger partial charge is 0.275 e. The summed E-state index contributed by atoms with van der Waals surface area (Å²) < 4.78 is 0. The van der Waals surface area contributed by atoms with Crippen LogP contribution in [0.1, 0.15) is 29.3 Å². The molecule has 0 fully saturated rings. The Kier molecular flexibility index (Phi) is 6.60. The molecule has 2 aromatic carbocycles. The largest absolute Gasteiger partial charge is 0.507 e. The van der Waals surface area contributed by atoms with Gasteiger partial charge in [-0.1, -0.05) is 35.3 Å². The Labute approximate surface area is 160 Å². The molecule has 0 spiro atoms. The van der Waals surface area contributed by atoms with E-state index in [2.05, 4.69) is 15.8 Å². The van der Waals surface area contributed by atoms with Gasteiger partial charge in [-0.25, -0.2) is 5.43 Å². The number of nitrogens with one attached hydrogen (secondary N) is 2. The van der Waals surface area contributed by atoms with Gasteiger partial charge in [0.25, 0.3) is 5.91 Å².